The first-order chi connectivity index (χ1) is 9.13. The molecule has 0 unspecified atom stereocenters. The quantitative estimate of drug-likeness (QED) is 0.937. The molecule has 0 spiro atoms. The summed E-state index contributed by atoms with van der Waals surface area (Å²) in [5, 5.41) is 5.23. The van der Waals surface area contributed by atoms with Gasteiger partial charge in [-0.25, -0.2) is 14.4 Å². The molecule has 1 amide bonds. The van der Waals surface area contributed by atoms with Gasteiger partial charge in [0.1, 0.15) is 11.5 Å². The molecule has 0 bridgehead atoms. The number of nitrogens with one attached hydrogen (secondary N) is 1. The van der Waals surface area contributed by atoms with Gasteiger partial charge in [-0.05, 0) is 31.9 Å². The lowest BCUT2D eigenvalue weighted by molar-refractivity contribution is 0.102. The highest BCUT2D eigenvalue weighted by Crippen LogP contribution is 2.40. The third-order valence-corrected chi connectivity index (χ3v) is 3.77. The van der Waals surface area contributed by atoms with Crippen LogP contribution in [0.25, 0.3) is 0 Å². The Balaban J connectivity index is 1.74. The van der Waals surface area contributed by atoms with Crippen molar-refractivity contribution in [3.8, 4) is 0 Å². The van der Waals surface area contributed by atoms with Gasteiger partial charge in [-0.3, -0.25) is 10.1 Å². The molecule has 0 radical (unpaired) electrons. The van der Waals surface area contributed by atoms with Gasteiger partial charge in [0.2, 0.25) is 0 Å². The number of aryl methyl sites for hydroxylation is 1. The zero-order chi connectivity index (χ0) is 13.4. The molecule has 3 rings (SSSR count). The number of anilines is 1. The zero-order valence-corrected chi connectivity index (χ0v) is 11.1. The van der Waals surface area contributed by atoms with Crippen LogP contribution in [0.1, 0.15) is 40.6 Å². The van der Waals surface area contributed by atoms with Crippen LogP contribution in [0.15, 0.2) is 17.5 Å². The molecule has 19 heavy (non-hydrogen) atoms. The summed E-state index contributed by atoms with van der Waals surface area (Å²) in [6, 6.07) is 2.61. The highest BCUT2D eigenvalue weighted by molar-refractivity contribution is 7.14. The van der Waals surface area contributed by atoms with Crippen molar-refractivity contribution in [2.75, 3.05) is 5.32 Å². The lowest BCUT2D eigenvalue weighted by Gasteiger charge is -2.02. The maximum atomic E-state index is 13.1. The van der Waals surface area contributed by atoms with Crippen LogP contribution < -0.4 is 5.32 Å². The van der Waals surface area contributed by atoms with Gasteiger partial charge >= 0.3 is 0 Å². The van der Waals surface area contributed by atoms with E-state index in [0.29, 0.717) is 11.0 Å². The summed E-state index contributed by atoms with van der Waals surface area (Å²) in [5.41, 5.74) is 1.45. The minimum atomic E-state index is -0.415. The van der Waals surface area contributed by atoms with Crippen LogP contribution >= 0.6 is 11.3 Å². The first-order valence-electron chi connectivity index (χ1n) is 6.03. The average molecular weight is 277 g/mol. The fraction of sp³-hybridized carbons (Fsp3) is 0.308. The molecule has 2 aromatic heterocycles. The predicted molar refractivity (Wildman–Crippen MR) is 71.0 cm³/mol. The topological polar surface area (TPSA) is 54.9 Å². The Morgan fingerprint density at radius 2 is 2.21 bits per heavy atom. The molecule has 4 nitrogen and oxygen atoms in total. The van der Waals surface area contributed by atoms with Crippen LogP contribution in [-0.2, 0) is 0 Å². The fourth-order valence-electron chi connectivity index (χ4n) is 1.74. The first-order valence-corrected chi connectivity index (χ1v) is 6.91. The van der Waals surface area contributed by atoms with Crippen molar-refractivity contribution < 1.29 is 9.18 Å². The second-order valence-corrected chi connectivity index (χ2v) is 5.43. The summed E-state index contributed by atoms with van der Waals surface area (Å²) >= 11 is 1.40. The standard InChI is InChI=1S/C13H12FN3OS/c1-7-9(14)4-5-10(15-7)12(18)17-13-16-11(6-19-13)8-2-3-8/h4-6,8H,2-3H2,1H3,(H,16,17,18). The number of amides is 1. The molecule has 0 saturated heterocycles. The number of nitrogens with zero attached hydrogens (tertiary/aromatic N) is 2. The Morgan fingerprint density at radius 3 is 2.89 bits per heavy atom. The molecule has 1 N–H and O–H groups in total. The second kappa shape index (κ2) is 4.70. The first kappa shape index (κ1) is 12.2. The minimum Gasteiger partial charge on any atom is -0.296 e. The van der Waals surface area contributed by atoms with E-state index in [1.807, 2.05) is 5.38 Å². The summed E-state index contributed by atoms with van der Waals surface area (Å²) in [6.07, 6.45) is 2.35. The van der Waals surface area contributed by atoms with Crippen molar-refractivity contribution in [2.45, 2.75) is 25.7 Å². The third kappa shape index (κ3) is 2.63. The van der Waals surface area contributed by atoms with Crippen molar-refractivity contribution in [3.05, 3.63) is 40.4 Å². The Kier molecular flexibility index (Phi) is 3.02. The minimum absolute atomic E-state index is 0.196. The highest BCUT2D eigenvalue weighted by atomic mass is 32.1. The van der Waals surface area contributed by atoms with E-state index in [1.54, 1.807) is 0 Å². The normalized spacial score (nSPS) is 14.4. The van der Waals surface area contributed by atoms with Crippen LogP contribution in [0.5, 0.6) is 0 Å². The molecular weight excluding hydrogens is 265 g/mol. The summed E-state index contributed by atoms with van der Waals surface area (Å²) in [5.74, 6) is -0.213. The van der Waals surface area contributed by atoms with Gasteiger partial charge in [-0.2, -0.15) is 0 Å². The van der Waals surface area contributed by atoms with Gasteiger partial charge in [-0.1, -0.05) is 0 Å². The van der Waals surface area contributed by atoms with Crippen LogP contribution in [0.4, 0.5) is 9.52 Å². The molecule has 1 saturated carbocycles. The molecule has 0 atom stereocenters. The van der Waals surface area contributed by atoms with Gasteiger partial charge in [0.15, 0.2) is 5.13 Å². The summed E-state index contributed by atoms with van der Waals surface area (Å²) in [7, 11) is 0. The predicted octanol–water partition coefficient (Wildman–Crippen LogP) is 3.12. The Labute approximate surface area is 113 Å². The summed E-state index contributed by atoms with van der Waals surface area (Å²) in [6.45, 7) is 1.53. The molecule has 2 heterocycles. The molecule has 1 fully saturated rings. The maximum Gasteiger partial charge on any atom is 0.276 e. The van der Waals surface area contributed by atoms with Crippen molar-refractivity contribution in [1.29, 1.82) is 0 Å². The average Bonchev–Trinajstić information content (AvgIpc) is 3.14. The van der Waals surface area contributed by atoms with E-state index in [0.717, 1.165) is 5.69 Å². The highest BCUT2D eigenvalue weighted by Gasteiger charge is 2.26. The smallest absolute Gasteiger partial charge is 0.276 e. The molecule has 0 aromatic carbocycles. The molecule has 2 aromatic rings. The Hall–Kier alpha value is -1.82. The molecule has 98 valence electrons. The third-order valence-electron chi connectivity index (χ3n) is 2.99. The van der Waals surface area contributed by atoms with Gasteiger partial charge < -0.3 is 0 Å². The van der Waals surface area contributed by atoms with Crippen LogP contribution in [0, 0.1) is 12.7 Å². The Bertz CT molecular complexity index is 637. The van der Waals surface area contributed by atoms with Gasteiger partial charge in [0.25, 0.3) is 5.91 Å². The number of pyridine rings is 1. The van der Waals surface area contributed by atoms with Gasteiger partial charge in [-0.15, -0.1) is 11.3 Å². The number of aromatic nitrogens is 2. The van der Waals surface area contributed by atoms with Crippen LogP contribution in [-0.4, -0.2) is 15.9 Å². The summed E-state index contributed by atoms with van der Waals surface area (Å²) < 4.78 is 13.1. The largest absolute Gasteiger partial charge is 0.296 e. The van der Waals surface area contributed by atoms with Crippen molar-refractivity contribution >= 4 is 22.4 Å². The van der Waals surface area contributed by atoms with Crippen LogP contribution in [0.2, 0.25) is 0 Å². The van der Waals surface area contributed by atoms with Crippen molar-refractivity contribution in [3.63, 3.8) is 0 Å². The monoisotopic (exact) mass is 277 g/mol. The number of carbonyl (C=O) groups excluding carboxylic acids is 1. The van der Waals surface area contributed by atoms with E-state index in [-0.39, 0.29) is 17.3 Å². The molecular formula is C13H12FN3OS. The molecule has 1 aliphatic carbocycles. The number of carbonyl (C=O) groups is 1. The summed E-state index contributed by atoms with van der Waals surface area (Å²) in [4.78, 5) is 20.2. The molecule has 0 aliphatic heterocycles. The van der Waals surface area contributed by atoms with Crippen molar-refractivity contribution in [1.82, 2.24) is 9.97 Å². The van der Waals surface area contributed by atoms with E-state index in [2.05, 4.69) is 15.3 Å². The van der Waals surface area contributed by atoms with Crippen molar-refractivity contribution in [2.24, 2.45) is 0 Å². The molecule has 6 heteroatoms. The number of thiazole rings is 1. The van der Waals surface area contributed by atoms with E-state index >= 15 is 0 Å². The fourth-order valence-corrected chi connectivity index (χ4v) is 2.53. The zero-order valence-electron chi connectivity index (χ0n) is 10.3. The van der Waals surface area contributed by atoms with E-state index in [1.165, 1.54) is 43.2 Å². The maximum absolute atomic E-state index is 13.1. The van der Waals surface area contributed by atoms with E-state index < -0.39 is 5.82 Å². The number of hydrogen-bond acceptors (Lipinski definition) is 4. The van der Waals surface area contributed by atoms with E-state index in [9.17, 15) is 9.18 Å². The van der Waals surface area contributed by atoms with Gasteiger partial charge in [0.05, 0.1) is 11.4 Å². The lowest BCUT2D eigenvalue weighted by Crippen LogP contribution is -2.14. The number of hydrogen-bond donors (Lipinski definition) is 1. The van der Waals surface area contributed by atoms with E-state index in [4.69, 9.17) is 0 Å². The lowest BCUT2D eigenvalue weighted by atomic mass is 10.3. The second-order valence-electron chi connectivity index (χ2n) is 4.57. The van der Waals surface area contributed by atoms with Crippen LogP contribution in [0.3, 0.4) is 0 Å². The number of rotatable bonds is 3. The SMILES string of the molecule is Cc1nc(C(=O)Nc2nc(C3CC3)cs2)ccc1F. The van der Waals surface area contributed by atoms with Gasteiger partial charge in [0, 0.05) is 11.3 Å². The molecule has 1 aliphatic rings. The number of halogens is 1. The Morgan fingerprint density at radius 1 is 1.42 bits per heavy atom.